The molecule has 0 bridgehead atoms. The van der Waals surface area contributed by atoms with Gasteiger partial charge in [0.15, 0.2) is 0 Å². The van der Waals surface area contributed by atoms with E-state index in [0.29, 0.717) is 10.6 Å². The van der Waals surface area contributed by atoms with Crippen LogP contribution in [0.25, 0.3) is 0 Å². The predicted molar refractivity (Wildman–Crippen MR) is 88.8 cm³/mol. The molecule has 23 heavy (non-hydrogen) atoms. The topological polar surface area (TPSA) is 83.5 Å². The van der Waals surface area contributed by atoms with E-state index in [4.69, 9.17) is 23.2 Å². The molecule has 0 spiro atoms. The van der Waals surface area contributed by atoms with E-state index in [-0.39, 0.29) is 11.6 Å². The first kappa shape index (κ1) is 16.9. The number of rotatable bonds is 5. The first-order valence-corrected chi connectivity index (χ1v) is 7.27. The summed E-state index contributed by atoms with van der Waals surface area (Å²) in [5, 5.41) is 6.86. The zero-order valence-corrected chi connectivity index (χ0v) is 13.3. The Labute approximate surface area is 142 Å². The third-order valence-electron chi connectivity index (χ3n) is 2.70. The molecule has 2 aromatic rings. The van der Waals surface area contributed by atoms with Crippen LogP contribution in [0.1, 0.15) is 15.9 Å². The van der Waals surface area contributed by atoms with Crippen LogP contribution in [0.3, 0.4) is 0 Å². The van der Waals surface area contributed by atoms with Gasteiger partial charge in [-0.15, -0.1) is 0 Å². The molecule has 118 valence electrons. The molecule has 1 heterocycles. The van der Waals surface area contributed by atoms with Crippen molar-refractivity contribution in [2.24, 2.45) is 5.10 Å². The molecule has 2 N–H and O–H groups in total. The third kappa shape index (κ3) is 5.36. The minimum absolute atomic E-state index is 0.216. The number of hydrazone groups is 1. The highest BCUT2D eigenvalue weighted by atomic mass is 35.5. The van der Waals surface area contributed by atoms with Crippen molar-refractivity contribution in [2.75, 3.05) is 6.54 Å². The molecule has 0 saturated heterocycles. The molecule has 0 atom stereocenters. The Hall–Kier alpha value is -2.44. The number of aromatic nitrogens is 1. The van der Waals surface area contributed by atoms with E-state index in [2.05, 4.69) is 20.8 Å². The lowest BCUT2D eigenvalue weighted by Gasteiger charge is -2.05. The van der Waals surface area contributed by atoms with Crippen LogP contribution in [0.4, 0.5) is 0 Å². The zero-order chi connectivity index (χ0) is 16.7. The summed E-state index contributed by atoms with van der Waals surface area (Å²) in [4.78, 5) is 27.3. The van der Waals surface area contributed by atoms with Crippen LogP contribution >= 0.6 is 23.2 Å². The van der Waals surface area contributed by atoms with Crippen molar-refractivity contribution in [3.05, 3.63) is 63.9 Å². The predicted octanol–water partition coefficient (Wildman–Crippen LogP) is 2.27. The van der Waals surface area contributed by atoms with Crippen LogP contribution in [0.5, 0.6) is 0 Å². The second-order valence-electron chi connectivity index (χ2n) is 4.39. The van der Waals surface area contributed by atoms with Gasteiger partial charge < -0.3 is 5.32 Å². The molecule has 0 saturated carbocycles. The monoisotopic (exact) mass is 350 g/mol. The van der Waals surface area contributed by atoms with E-state index in [1.165, 1.54) is 24.4 Å². The quantitative estimate of drug-likeness (QED) is 0.640. The maximum absolute atomic E-state index is 11.9. The second kappa shape index (κ2) is 8.26. The summed E-state index contributed by atoms with van der Waals surface area (Å²) in [6, 6.07) is 7.93. The molecule has 6 nitrogen and oxygen atoms in total. The molecule has 2 rings (SSSR count). The number of nitrogens with one attached hydrogen (secondary N) is 2. The third-order valence-corrected chi connectivity index (χ3v) is 3.44. The lowest BCUT2D eigenvalue weighted by atomic mass is 10.2. The average Bonchev–Trinajstić information content (AvgIpc) is 2.56. The van der Waals surface area contributed by atoms with Gasteiger partial charge in [0.1, 0.15) is 0 Å². The van der Waals surface area contributed by atoms with Crippen LogP contribution in [-0.2, 0) is 4.79 Å². The van der Waals surface area contributed by atoms with Crippen molar-refractivity contribution in [3.8, 4) is 0 Å². The fraction of sp³-hybridized carbons (Fsp3) is 0.0667. The van der Waals surface area contributed by atoms with Crippen LogP contribution in [-0.4, -0.2) is 29.6 Å². The van der Waals surface area contributed by atoms with E-state index in [9.17, 15) is 9.59 Å². The van der Waals surface area contributed by atoms with Crippen LogP contribution < -0.4 is 10.7 Å². The average molecular weight is 351 g/mol. The van der Waals surface area contributed by atoms with Gasteiger partial charge in [-0.25, -0.2) is 5.43 Å². The van der Waals surface area contributed by atoms with Gasteiger partial charge in [0.25, 0.3) is 11.8 Å². The van der Waals surface area contributed by atoms with Crippen molar-refractivity contribution in [2.45, 2.75) is 0 Å². The number of pyridine rings is 1. The minimum Gasteiger partial charge on any atom is -0.343 e. The molecule has 1 aromatic carbocycles. The Morgan fingerprint density at radius 1 is 1.13 bits per heavy atom. The summed E-state index contributed by atoms with van der Waals surface area (Å²) in [5.41, 5.74) is 3.41. The molecule has 0 aliphatic rings. The molecule has 0 aliphatic carbocycles. The Kier molecular flexibility index (Phi) is 6.08. The Morgan fingerprint density at radius 3 is 2.57 bits per heavy atom. The lowest BCUT2D eigenvalue weighted by molar-refractivity contribution is -0.120. The van der Waals surface area contributed by atoms with Crippen molar-refractivity contribution < 1.29 is 9.59 Å². The smallest absolute Gasteiger partial charge is 0.259 e. The molecule has 2 amide bonds. The molecule has 1 aromatic heterocycles. The second-order valence-corrected chi connectivity index (χ2v) is 5.20. The minimum atomic E-state index is -0.455. The van der Waals surface area contributed by atoms with Crippen LogP contribution in [0, 0.1) is 0 Å². The highest BCUT2D eigenvalue weighted by Crippen LogP contribution is 2.22. The highest BCUT2D eigenvalue weighted by molar-refractivity contribution is 6.42. The summed E-state index contributed by atoms with van der Waals surface area (Å²) in [6.45, 7) is -0.216. The molecular formula is C15H12Cl2N4O2. The molecule has 0 unspecified atom stereocenters. The first-order chi connectivity index (χ1) is 11.1. The van der Waals surface area contributed by atoms with E-state index >= 15 is 0 Å². The number of hydrogen-bond donors (Lipinski definition) is 2. The fourth-order valence-corrected chi connectivity index (χ4v) is 1.87. The SMILES string of the molecule is O=C(CNC(=O)c1ccc(Cl)c(Cl)c1)N/N=C/c1ccncc1. The number of hydrogen-bond acceptors (Lipinski definition) is 4. The fourth-order valence-electron chi connectivity index (χ4n) is 1.57. The number of nitrogens with zero attached hydrogens (tertiary/aromatic N) is 2. The Morgan fingerprint density at radius 2 is 1.87 bits per heavy atom. The van der Waals surface area contributed by atoms with Crippen molar-refractivity contribution in [3.63, 3.8) is 0 Å². The van der Waals surface area contributed by atoms with Gasteiger partial charge in [-0.3, -0.25) is 14.6 Å². The normalized spacial score (nSPS) is 10.5. The van der Waals surface area contributed by atoms with Gasteiger partial charge in [0.2, 0.25) is 0 Å². The van der Waals surface area contributed by atoms with Crippen molar-refractivity contribution in [1.82, 2.24) is 15.7 Å². The van der Waals surface area contributed by atoms with Gasteiger partial charge in [0, 0.05) is 18.0 Å². The number of carbonyl (C=O) groups is 2. The zero-order valence-electron chi connectivity index (χ0n) is 11.8. The number of benzene rings is 1. The summed E-state index contributed by atoms with van der Waals surface area (Å²) >= 11 is 11.6. The lowest BCUT2D eigenvalue weighted by Crippen LogP contribution is -2.34. The summed E-state index contributed by atoms with van der Waals surface area (Å²) in [6.07, 6.45) is 4.70. The molecule has 0 aliphatic heterocycles. The summed E-state index contributed by atoms with van der Waals surface area (Å²) in [7, 11) is 0. The number of amides is 2. The van der Waals surface area contributed by atoms with Gasteiger partial charge in [0.05, 0.1) is 22.8 Å². The Balaban J connectivity index is 1.80. The van der Waals surface area contributed by atoms with E-state index in [1.807, 2.05) is 0 Å². The van der Waals surface area contributed by atoms with Crippen molar-refractivity contribution >= 4 is 41.2 Å². The maximum atomic E-state index is 11.9. The first-order valence-electron chi connectivity index (χ1n) is 6.51. The molecule has 0 fully saturated rings. The van der Waals surface area contributed by atoms with E-state index in [0.717, 1.165) is 5.56 Å². The number of halogens is 2. The standard InChI is InChI=1S/C15H12Cl2N4O2/c16-12-2-1-11(7-13(12)17)15(23)19-9-14(22)21-20-8-10-3-5-18-6-4-10/h1-8H,9H2,(H,19,23)(H,21,22)/b20-8+. The Bertz CT molecular complexity index is 736. The van der Waals surface area contributed by atoms with E-state index in [1.54, 1.807) is 24.5 Å². The van der Waals surface area contributed by atoms with Gasteiger partial charge >= 0.3 is 0 Å². The van der Waals surface area contributed by atoms with Crippen molar-refractivity contribution in [1.29, 1.82) is 0 Å². The van der Waals surface area contributed by atoms with E-state index < -0.39 is 11.8 Å². The highest BCUT2D eigenvalue weighted by Gasteiger charge is 2.09. The van der Waals surface area contributed by atoms with Crippen LogP contribution in [0.2, 0.25) is 10.0 Å². The summed E-state index contributed by atoms with van der Waals surface area (Å²) in [5.74, 6) is -0.888. The largest absolute Gasteiger partial charge is 0.343 e. The van der Waals surface area contributed by atoms with Gasteiger partial charge in [-0.1, -0.05) is 23.2 Å². The number of carbonyl (C=O) groups excluding carboxylic acids is 2. The molecule has 8 heteroatoms. The maximum Gasteiger partial charge on any atom is 0.259 e. The van der Waals surface area contributed by atoms with Gasteiger partial charge in [-0.05, 0) is 35.9 Å². The summed E-state index contributed by atoms with van der Waals surface area (Å²) < 4.78 is 0. The van der Waals surface area contributed by atoms with Gasteiger partial charge in [-0.2, -0.15) is 5.10 Å². The van der Waals surface area contributed by atoms with Crippen LogP contribution in [0.15, 0.2) is 47.8 Å². The molecule has 0 radical (unpaired) electrons. The molecular weight excluding hydrogens is 339 g/mol.